The molecule has 4 amide bonds. The van der Waals surface area contributed by atoms with Gasteiger partial charge in [-0.2, -0.15) is 0 Å². The van der Waals surface area contributed by atoms with E-state index in [0.717, 1.165) is 17.0 Å². The first-order valence-corrected chi connectivity index (χ1v) is 15.1. The molecule has 2 heterocycles. The molecular formula is C30H27Cl2N5O10. The van der Waals surface area contributed by atoms with E-state index in [0.29, 0.717) is 16.2 Å². The van der Waals surface area contributed by atoms with Crippen molar-refractivity contribution in [3.63, 3.8) is 0 Å². The minimum absolute atomic E-state index is 0.0365. The molecule has 0 aromatic heterocycles. The molecular weight excluding hydrogens is 661 g/mol. The third-order valence-corrected chi connectivity index (χ3v) is 11.1. The fourth-order valence-corrected chi connectivity index (χ4v) is 8.71. The summed E-state index contributed by atoms with van der Waals surface area (Å²) in [5.41, 5.74) is -1.53. The number of nitrogens with zero attached hydrogens (tertiary/aromatic N) is 5. The van der Waals surface area contributed by atoms with Gasteiger partial charge in [0, 0.05) is 50.8 Å². The molecule has 2 aliphatic heterocycles. The van der Waals surface area contributed by atoms with Crippen LogP contribution in [0.15, 0.2) is 42.0 Å². The second-order valence-corrected chi connectivity index (χ2v) is 13.4. The van der Waals surface area contributed by atoms with Crippen LogP contribution in [-0.4, -0.2) is 81.5 Å². The Hall–Kier alpha value is -4.76. The van der Waals surface area contributed by atoms with Gasteiger partial charge in [0.05, 0.1) is 34.5 Å². The Labute approximate surface area is 276 Å². The molecule has 4 aliphatic rings. The summed E-state index contributed by atoms with van der Waals surface area (Å²) in [4.78, 5) is 76.3. The molecule has 2 aromatic carbocycles. The third kappa shape index (κ3) is 4.18. The number of carbonyl (C=O) groups is 4. The lowest BCUT2D eigenvalue weighted by Gasteiger charge is -2.50. The van der Waals surface area contributed by atoms with Crippen LogP contribution in [-0.2, 0) is 19.2 Å². The molecule has 2 aromatic rings. The highest BCUT2D eigenvalue weighted by atomic mass is 35.5. The molecule has 15 nitrogen and oxygen atoms in total. The summed E-state index contributed by atoms with van der Waals surface area (Å²) < 4.78 is 5.20. The summed E-state index contributed by atoms with van der Waals surface area (Å²) in [6.45, 7) is 0. The number of ether oxygens (including phenoxy) is 1. The number of likely N-dealkylation sites (tertiary alicyclic amines) is 1. The van der Waals surface area contributed by atoms with Crippen molar-refractivity contribution in [1.29, 1.82) is 0 Å². The van der Waals surface area contributed by atoms with Crippen LogP contribution >= 0.6 is 23.2 Å². The van der Waals surface area contributed by atoms with Gasteiger partial charge in [0.25, 0.3) is 11.8 Å². The van der Waals surface area contributed by atoms with E-state index in [9.17, 15) is 44.5 Å². The van der Waals surface area contributed by atoms with Gasteiger partial charge in [0.2, 0.25) is 11.8 Å². The second-order valence-electron chi connectivity index (χ2n) is 12.2. The van der Waals surface area contributed by atoms with Gasteiger partial charge in [-0.3, -0.25) is 44.3 Å². The topological polar surface area (TPSA) is 194 Å². The fraction of sp³-hybridized carbons (Fsp3) is 0.400. The molecule has 0 radical (unpaired) electrons. The number of rotatable bonds is 6. The second kappa shape index (κ2) is 10.6. The van der Waals surface area contributed by atoms with Crippen LogP contribution in [0.25, 0.3) is 0 Å². The molecule has 6 rings (SSSR count). The lowest BCUT2D eigenvalue weighted by molar-refractivity contribution is -0.392. The number of benzene rings is 2. The monoisotopic (exact) mass is 687 g/mol. The first-order valence-electron chi connectivity index (χ1n) is 14.3. The third-order valence-electron chi connectivity index (χ3n) is 9.72. The summed E-state index contributed by atoms with van der Waals surface area (Å²) >= 11 is 14.2. The SMILES string of the molecule is COc1ccc([C@H]2C3=CC[C@@H]4C(=O)N(c5cc([N+](=O)[O-])c(N(C)C)c([N+](=O)[O-])c5)C(=O)[C@@H]4[C@@H]3C[C@@]3(Cl)C(=O)N(C)C(=O)[C@@]23Cl)c(O)c1. The maximum Gasteiger partial charge on any atom is 0.301 e. The number of allylic oxidation sites excluding steroid dienone is 2. The Bertz CT molecular complexity index is 1830. The van der Waals surface area contributed by atoms with E-state index in [1.165, 1.54) is 51.4 Å². The number of anilines is 2. The highest BCUT2D eigenvalue weighted by Crippen LogP contribution is 2.66. The summed E-state index contributed by atoms with van der Waals surface area (Å²) in [5.74, 6) is -7.62. The van der Waals surface area contributed by atoms with Crippen LogP contribution in [0.3, 0.4) is 0 Å². The van der Waals surface area contributed by atoms with Gasteiger partial charge in [-0.05, 0) is 24.8 Å². The van der Waals surface area contributed by atoms with Crippen molar-refractivity contribution < 1.29 is 38.9 Å². The minimum Gasteiger partial charge on any atom is -0.508 e. The van der Waals surface area contributed by atoms with Crippen molar-refractivity contribution in [2.75, 3.05) is 38.1 Å². The van der Waals surface area contributed by atoms with Gasteiger partial charge in [-0.25, -0.2) is 4.90 Å². The Morgan fingerprint density at radius 1 is 0.979 bits per heavy atom. The smallest absolute Gasteiger partial charge is 0.301 e. The van der Waals surface area contributed by atoms with Crippen molar-refractivity contribution in [2.45, 2.75) is 28.5 Å². The van der Waals surface area contributed by atoms with Crippen molar-refractivity contribution in [1.82, 2.24) is 4.90 Å². The normalized spacial score (nSPS) is 29.7. The fourth-order valence-electron chi connectivity index (χ4n) is 7.69. The summed E-state index contributed by atoms with van der Waals surface area (Å²) in [6.07, 6.45) is 1.27. The molecule has 246 valence electrons. The summed E-state index contributed by atoms with van der Waals surface area (Å²) in [6, 6.07) is 6.17. The van der Waals surface area contributed by atoms with Gasteiger partial charge in [-0.15, -0.1) is 23.2 Å². The number of phenolic OH excluding ortho intramolecular Hbond substituents is 1. The van der Waals surface area contributed by atoms with Crippen molar-refractivity contribution >= 4 is 69.6 Å². The van der Waals surface area contributed by atoms with E-state index in [1.54, 1.807) is 6.08 Å². The Morgan fingerprint density at radius 2 is 1.60 bits per heavy atom. The van der Waals surface area contributed by atoms with E-state index in [-0.39, 0.29) is 35.5 Å². The molecule has 2 saturated heterocycles. The molecule has 0 spiro atoms. The molecule has 0 unspecified atom stereocenters. The number of amides is 4. The first-order chi connectivity index (χ1) is 22.0. The Kier molecular flexibility index (Phi) is 7.28. The highest BCUT2D eigenvalue weighted by molar-refractivity contribution is 6.53. The van der Waals surface area contributed by atoms with Crippen molar-refractivity contribution in [2.24, 2.45) is 17.8 Å². The number of aromatic hydroxyl groups is 1. The number of halogens is 2. The van der Waals surface area contributed by atoms with E-state index in [1.807, 2.05) is 0 Å². The van der Waals surface area contributed by atoms with Gasteiger partial charge in [0.1, 0.15) is 11.5 Å². The number of imide groups is 2. The first kappa shape index (κ1) is 32.2. The van der Waals surface area contributed by atoms with Crippen molar-refractivity contribution in [3.05, 3.63) is 67.8 Å². The largest absolute Gasteiger partial charge is 0.508 e. The van der Waals surface area contributed by atoms with Crippen LogP contribution in [0.1, 0.15) is 24.3 Å². The van der Waals surface area contributed by atoms with E-state index in [2.05, 4.69) is 0 Å². The van der Waals surface area contributed by atoms with Gasteiger partial charge >= 0.3 is 11.4 Å². The molecule has 2 aliphatic carbocycles. The number of carbonyl (C=O) groups excluding carboxylic acids is 4. The Balaban J connectivity index is 1.51. The van der Waals surface area contributed by atoms with Crippen LogP contribution in [0.2, 0.25) is 0 Å². The van der Waals surface area contributed by atoms with E-state index in [4.69, 9.17) is 27.9 Å². The molecule has 1 saturated carbocycles. The number of alkyl halides is 2. The van der Waals surface area contributed by atoms with Crippen LogP contribution in [0.4, 0.5) is 22.7 Å². The van der Waals surface area contributed by atoms with Crippen LogP contribution in [0, 0.1) is 38.0 Å². The van der Waals surface area contributed by atoms with Crippen molar-refractivity contribution in [3.8, 4) is 11.5 Å². The summed E-state index contributed by atoms with van der Waals surface area (Å²) in [7, 11) is 5.39. The number of hydrogen-bond donors (Lipinski definition) is 1. The number of phenols is 1. The molecule has 6 atom stereocenters. The zero-order valence-electron chi connectivity index (χ0n) is 25.3. The number of nitro benzene ring substituents is 2. The van der Waals surface area contributed by atoms with Crippen LogP contribution in [0.5, 0.6) is 11.5 Å². The van der Waals surface area contributed by atoms with Gasteiger partial charge < -0.3 is 14.7 Å². The maximum atomic E-state index is 14.3. The lowest BCUT2D eigenvalue weighted by atomic mass is 9.56. The van der Waals surface area contributed by atoms with Gasteiger partial charge in [0.15, 0.2) is 15.4 Å². The zero-order valence-corrected chi connectivity index (χ0v) is 26.8. The lowest BCUT2D eigenvalue weighted by Crippen LogP contribution is -2.60. The Morgan fingerprint density at radius 3 is 2.13 bits per heavy atom. The van der Waals surface area contributed by atoms with Crippen LogP contribution < -0.4 is 14.5 Å². The quantitative estimate of drug-likeness (QED) is 0.154. The molecule has 1 N–H and O–H groups in total. The average molecular weight is 688 g/mol. The standard InChI is InChI=1S/C30H27Cl2N5O10/c1-33(2)24-19(36(43)44)9-13(10-20(24)37(45)46)35-25(39)17-8-7-15-18(22(17)26(35)40)12-29(31)27(41)34(3)28(42)30(29,32)23(15)16-6-5-14(47-4)11-21(16)38/h5-7,9-11,17-18,22-23,38H,8,12H2,1-4H3/t17-,18+,22-,23+,29+,30-/m0/s1. The predicted molar refractivity (Wildman–Crippen MR) is 167 cm³/mol. The van der Waals surface area contributed by atoms with E-state index >= 15 is 0 Å². The number of fused-ring (bicyclic) bond motifs is 4. The predicted octanol–water partition coefficient (Wildman–Crippen LogP) is 3.48. The zero-order chi connectivity index (χ0) is 34.5. The molecule has 47 heavy (non-hydrogen) atoms. The van der Waals surface area contributed by atoms with Gasteiger partial charge in [-0.1, -0.05) is 17.7 Å². The molecule has 17 heteroatoms. The molecule has 3 fully saturated rings. The molecule has 0 bridgehead atoms. The van der Waals surface area contributed by atoms with E-state index < -0.39 is 78.3 Å². The number of nitro groups is 2. The minimum atomic E-state index is -2.13. The maximum absolute atomic E-state index is 14.3. The summed E-state index contributed by atoms with van der Waals surface area (Å²) in [5, 5.41) is 35.1. The number of methoxy groups -OCH3 is 1. The highest BCUT2D eigenvalue weighted by Gasteiger charge is 2.76. The average Bonchev–Trinajstić information content (AvgIpc) is 3.35. The number of hydrogen-bond acceptors (Lipinski definition) is 11.